The van der Waals surface area contributed by atoms with E-state index < -0.39 is 10.0 Å². The van der Waals surface area contributed by atoms with Gasteiger partial charge < -0.3 is 4.90 Å². The van der Waals surface area contributed by atoms with Crippen LogP contribution in [-0.2, 0) is 10.0 Å². The second-order valence-electron chi connectivity index (χ2n) is 6.97. The number of sulfonamides is 1. The highest BCUT2D eigenvalue weighted by Gasteiger charge is 2.36. The fraction of sp³-hybridized carbons (Fsp3) is 0.588. The molecule has 142 valence electrons. The Kier molecular flexibility index (Phi) is 5.07. The molecule has 0 amide bonds. The first-order chi connectivity index (χ1) is 12.4. The molecule has 1 saturated heterocycles. The van der Waals surface area contributed by atoms with Gasteiger partial charge in [-0.3, -0.25) is 9.89 Å². The van der Waals surface area contributed by atoms with Gasteiger partial charge in [0.25, 0.3) is 10.0 Å². The van der Waals surface area contributed by atoms with E-state index in [-0.39, 0.29) is 4.90 Å². The number of hydrogen-bond donors (Lipinski definition) is 0. The summed E-state index contributed by atoms with van der Waals surface area (Å²) in [5.41, 5.74) is 0. The van der Waals surface area contributed by atoms with Crippen LogP contribution in [0.2, 0.25) is 10.0 Å². The van der Waals surface area contributed by atoms with Gasteiger partial charge in [-0.15, -0.1) is 0 Å². The summed E-state index contributed by atoms with van der Waals surface area (Å²) >= 11 is 12.0. The minimum absolute atomic E-state index is 0.109. The highest BCUT2D eigenvalue weighted by Crippen LogP contribution is 2.28. The molecular weight excluding hydrogens is 395 g/mol. The van der Waals surface area contributed by atoms with Crippen molar-refractivity contribution >= 4 is 39.2 Å². The van der Waals surface area contributed by atoms with E-state index in [9.17, 15) is 8.42 Å². The van der Waals surface area contributed by atoms with Gasteiger partial charge in [-0.25, -0.2) is 12.7 Å². The number of benzene rings is 1. The number of hydrogen-bond acceptors (Lipinski definition) is 5. The topological polar surface area (TPSA) is 56.2 Å². The maximum absolute atomic E-state index is 13.1. The molecule has 0 spiro atoms. The van der Waals surface area contributed by atoms with Crippen molar-refractivity contribution in [3.05, 3.63) is 28.2 Å². The molecule has 0 radical (unpaired) electrons. The lowest BCUT2D eigenvalue weighted by Gasteiger charge is -2.44. The van der Waals surface area contributed by atoms with E-state index in [1.807, 2.05) is 0 Å². The van der Waals surface area contributed by atoms with Crippen LogP contribution in [0.4, 0.5) is 0 Å². The first-order valence-corrected chi connectivity index (χ1v) is 11.2. The monoisotopic (exact) mass is 416 g/mol. The van der Waals surface area contributed by atoms with Gasteiger partial charge in [-0.2, -0.15) is 0 Å². The molecule has 3 aliphatic rings. The lowest BCUT2D eigenvalue weighted by molar-refractivity contribution is 0.0833. The first-order valence-electron chi connectivity index (χ1n) is 8.97. The predicted octanol–water partition coefficient (Wildman–Crippen LogP) is 2.52. The summed E-state index contributed by atoms with van der Waals surface area (Å²) in [6.07, 6.45) is 3.90. The van der Waals surface area contributed by atoms with Crippen LogP contribution in [0.5, 0.6) is 0 Å². The van der Waals surface area contributed by atoms with E-state index in [0.717, 1.165) is 32.2 Å². The molecule has 6 nitrogen and oxygen atoms in total. The molecule has 1 aliphatic carbocycles. The number of halogens is 2. The summed E-state index contributed by atoms with van der Waals surface area (Å²) < 4.78 is 27.6. The zero-order valence-electron chi connectivity index (χ0n) is 14.4. The van der Waals surface area contributed by atoms with Crippen molar-refractivity contribution in [2.24, 2.45) is 4.99 Å². The van der Waals surface area contributed by atoms with E-state index in [0.29, 0.717) is 29.1 Å². The van der Waals surface area contributed by atoms with Crippen LogP contribution < -0.4 is 0 Å². The average Bonchev–Trinajstić information content (AvgIpc) is 3.03. The molecule has 0 bridgehead atoms. The van der Waals surface area contributed by atoms with Crippen molar-refractivity contribution in [3.63, 3.8) is 0 Å². The molecule has 0 aromatic heterocycles. The van der Waals surface area contributed by atoms with Gasteiger partial charge in [-0.1, -0.05) is 29.6 Å². The SMILES string of the molecule is O=S(=O)(c1cc(Cl)cc(Cl)c1)N1CCN=C1N1CCN(C2CCC2)CC1. The van der Waals surface area contributed by atoms with E-state index in [1.165, 1.54) is 41.8 Å². The Morgan fingerprint density at radius 3 is 2.19 bits per heavy atom. The lowest BCUT2D eigenvalue weighted by atomic mass is 9.91. The highest BCUT2D eigenvalue weighted by atomic mass is 35.5. The van der Waals surface area contributed by atoms with Crippen LogP contribution in [0.3, 0.4) is 0 Å². The van der Waals surface area contributed by atoms with Crippen LogP contribution in [0.15, 0.2) is 28.1 Å². The maximum atomic E-state index is 13.1. The molecule has 1 aromatic carbocycles. The summed E-state index contributed by atoms with van der Waals surface area (Å²) in [7, 11) is -3.73. The predicted molar refractivity (Wildman–Crippen MR) is 103 cm³/mol. The van der Waals surface area contributed by atoms with Crippen molar-refractivity contribution in [3.8, 4) is 0 Å². The summed E-state index contributed by atoms with van der Waals surface area (Å²) in [6.45, 7) is 4.35. The van der Waals surface area contributed by atoms with Gasteiger partial charge in [0.2, 0.25) is 5.96 Å². The van der Waals surface area contributed by atoms with Crippen molar-refractivity contribution < 1.29 is 8.42 Å². The highest BCUT2D eigenvalue weighted by molar-refractivity contribution is 7.89. The maximum Gasteiger partial charge on any atom is 0.266 e. The second-order valence-corrected chi connectivity index (χ2v) is 9.71. The van der Waals surface area contributed by atoms with E-state index in [2.05, 4.69) is 14.8 Å². The van der Waals surface area contributed by atoms with Gasteiger partial charge in [0.05, 0.1) is 18.0 Å². The number of aliphatic imine (C=N–C) groups is 1. The summed E-state index contributed by atoms with van der Waals surface area (Å²) in [5.74, 6) is 0.550. The Morgan fingerprint density at radius 2 is 1.62 bits per heavy atom. The van der Waals surface area contributed by atoms with E-state index >= 15 is 0 Å². The van der Waals surface area contributed by atoms with Crippen LogP contribution in [0, 0.1) is 0 Å². The van der Waals surface area contributed by atoms with Crippen molar-refractivity contribution in [2.75, 3.05) is 39.3 Å². The average molecular weight is 417 g/mol. The fourth-order valence-corrected chi connectivity index (χ4v) is 5.92. The smallest absolute Gasteiger partial charge is 0.266 e. The van der Waals surface area contributed by atoms with Crippen LogP contribution in [0.25, 0.3) is 0 Å². The number of guanidine groups is 1. The Labute approximate surface area is 164 Å². The van der Waals surface area contributed by atoms with E-state index in [4.69, 9.17) is 23.2 Å². The lowest BCUT2D eigenvalue weighted by Crippen LogP contribution is -2.56. The second kappa shape index (κ2) is 7.19. The molecule has 0 N–H and O–H groups in total. The normalized spacial score (nSPS) is 22.5. The fourth-order valence-electron chi connectivity index (χ4n) is 3.75. The summed E-state index contributed by atoms with van der Waals surface area (Å²) in [5, 5.41) is 0.616. The van der Waals surface area contributed by atoms with Gasteiger partial charge in [0, 0.05) is 42.3 Å². The third-order valence-electron chi connectivity index (χ3n) is 5.39. The zero-order valence-corrected chi connectivity index (χ0v) is 16.8. The third kappa shape index (κ3) is 3.42. The largest absolute Gasteiger partial charge is 0.339 e. The zero-order chi connectivity index (χ0) is 18.3. The Bertz CT molecular complexity index is 798. The number of nitrogens with zero attached hydrogens (tertiary/aromatic N) is 4. The Balaban J connectivity index is 1.51. The molecule has 2 aliphatic heterocycles. The molecule has 2 fully saturated rings. The summed E-state index contributed by atoms with van der Waals surface area (Å²) in [6, 6.07) is 5.12. The Morgan fingerprint density at radius 1 is 0.962 bits per heavy atom. The van der Waals surface area contributed by atoms with Crippen molar-refractivity contribution in [2.45, 2.75) is 30.2 Å². The minimum Gasteiger partial charge on any atom is -0.339 e. The third-order valence-corrected chi connectivity index (χ3v) is 7.59. The van der Waals surface area contributed by atoms with Crippen LogP contribution >= 0.6 is 23.2 Å². The molecule has 2 heterocycles. The summed E-state index contributed by atoms with van der Waals surface area (Å²) in [4.78, 5) is 9.20. The number of rotatable bonds is 3. The molecular formula is C17H22Cl2N4O2S. The first kappa shape index (κ1) is 18.3. The molecule has 1 saturated carbocycles. The van der Waals surface area contributed by atoms with Crippen molar-refractivity contribution in [1.29, 1.82) is 0 Å². The minimum atomic E-state index is -3.73. The molecule has 9 heteroatoms. The van der Waals surface area contributed by atoms with Crippen LogP contribution in [0.1, 0.15) is 19.3 Å². The molecule has 0 unspecified atom stereocenters. The van der Waals surface area contributed by atoms with Gasteiger partial charge in [-0.05, 0) is 31.0 Å². The standard InChI is InChI=1S/C17H22Cl2N4O2S/c18-13-10-14(19)12-16(11-13)26(24,25)23-5-4-20-17(23)22-8-6-21(7-9-22)15-2-1-3-15/h10-12,15H,1-9H2. The molecule has 4 rings (SSSR count). The van der Waals surface area contributed by atoms with Gasteiger partial charge in [0.1, 0.15) is 0 Å². The van der Waals surface area contributed by atoms with Crippen LogP contribution in [-0.4, -0.2) is 73.8 Å². The van der Waals surface area contributed by atoms with E-state index in [1.54, 1.807) is 0 Å². The molecule has 1 aromatic rings. The molecule has 0 atom stereocenters. The number of piperazine rings is 1. The van der Waals surface area contributed by atoms with Gasteiger partial charge in [0.15, 0.2) is 0 Å². The van der Waals surface area contributed by atoms with Gasteiger partial charge >= 0.3 is 0 Å². The molecule has 26 heavy (non-hydrogen) atoms. The van der Waals surface area contributed by atoms with Crippen molar-refractivity contribution in [1.82, 2.24) is 14.1 Å². The Hall–Kier alpha value is -1.02. The quantitative estimate of drug-likeness (QED) is 0.759.